The fraction of sp³-hybridized carbons (Fsp3) is 0.588. The Morgan fingerprint density at radius 2 is 1.74 bits per heavy atom. The average Bonchev–Trinajstić information content (AvgIpc) is 2.61. The van der Waals surface area contributed by atoms with Crippen molar-refractivity contribution in [1.82, 2.24) is 4.90 Å². The van der Waals surface area contributed by atoms with Gasteiger partial charge in [0, 0.05) is 25.2 Å². The summed E-state index contributed by atoms with van der Waals surface area (Å²) in [6.45, 7) is 2.64. The number of hydrogen-bond acceptors (Lipinski definition) is 4. The van der Waals surface area contributed by atoms with Crippen LogP contribution in [0.15, 0.2) is 17.1 Å². The van der Waals surface area contributed by atoms with Gasteiger partial charge in [-0.05, 0) is 31.7 Å². The van der Waals surface area contributed by atoms with E-state index in [1.165, 1.54) is 19.3 Å². The molecule has 1 saturated heterocycles. The number of nitrogens with zero attached hydrogens (tertiary/aromatic N) is 2. The molecular formula is C17H27N3O3. The van der Waals surface area contributed by atoms with Crippen LogP contribution in [0.25, 0.3) is 0 Å². The molecule has 0 amide bonds. The number of piperidine rings is 1. The molecule has 23 heavy (non-hydrogen) atoms. The van der Waals surface area contributed by atoms with Gasteiger partial charge in [-0.2, -0.15) is 0 Å². The lowest BCUT2D eigenvalue weighted by molar-refractivity contribution is 0.322. The number of aliphatic imine (C=N–C) groups is 1. The molecule has 0 spiro atoms. The summed E-state index contributed by atoms with van der Waals surface area (Å²) in [5.74, 6) is 2.60. The predicted octanol–water partition coefficient (Wildman–Crippen LogP) is 2.06. The van der Waals surface area contributed by atoms with Crippen LogP contribution in [0.1, 0.15) is 24.8 Å². The third-order valence-electron chi connectivity index (χ3n) is 4.12. The molecular weight excluding hydrogens is 294 g/mol. The molecule has 0 atom stereocenters. The Bertz CT molecular complexity index is 540. The van der Waals surface area contributed by atoms with Crippen molar-refractivity contribution in [2.45, 2.75) is 25.7 Å². The van der Waals surface area contributed by atoms with E-state index in [0.717, 1.165) is 25.1 Å². The highest BCUT2D eigenvalue weighted by molar-refractivity contribution is 5.78. The zero-order valence-corrected chi connectivity index (χ0v) is 14.3. The maximum absolute atomic E-state index is 6.08. The van der Waals surface area contributed by atoms with Crippen LogP contribution in [0.5, 0.6) is 17.2 Å². The first kappa shape index (κ1) is 17.2. The van der Waals surface area contributed by atoms with E-state index in [1.54, 1.807) is 21.3 Å². The van der Waals surface area contributed by atoms with Crippen molar-refractivity contribution in [3.05, 3.63) is 17.7 Å². The number of benzene rings is 1. The molecule has 0 aromatic heterocycles. The zero-order chi connectivity index (χ0) is 16.7. The monoisotopic (exact) mass is 321 g/mol. The van der Waals surface area contributed by atoms with Gasteiger partial charge in [0.1, 0.15) is 0 Å². The van der Waals surface area contributed by atoms with Crippen LogP contribution in [0.4, 0.5) is 0 Å². The number of guanidine groups is 1. The van der Waals surface area contributed by atoms with Crippen LogP contribution in [-0.2, 0) is 6.42 Å². The average molecular weight is 321 g/mol. The number of rotatable bonds is 6. The van der Waals surface area contributed by atoms with E-state index in [-0.39, 0.29) is 0 Å². The fourth-order valence-electron chi connectivity index (χ4n) is 2.87. The van der Waals surface area contributed by atoms with Crippen LogP contribution in [0, 0.1) is 0 Å². The minimum absolute atomic E-state index is 0.612. The maximum atomic E-state index is 6.08. The normalized spacial score (nSPS) is 15.4. The smallest absolute Gasteiger partial charge is 0.203 e. The molecule has 1 aromatic rings. The summed E-state index contributed by atoms with van der Waals surface area (Å²) in [6.07, 6.45) is 4.41. The summed E-state index contributed by atoms with van der Waals surface area (Å²) in [5.41, 5.74) is 7.11. The van der Waals surface area contributed by atoms with Crippen molar-refractivity contribution in [2.24, 2.45) is 10.7 Å². The highest BCUT2D eigenvalue weighted by atomic mass is 16.5. The highest BCUT2D eigenvalue weighted by Crippen LogP contribution is 2.39. The van der Waals surface area contributed by atoms with Crippen molar-refractivity contribution < 1.29 is 14.2 Å². The van der Waals surface area contributed by atoms with Crippen molar-refractivity contribution in [1.29, 1.82) is 0 Å². The molecule has 0 radical (unpaired) electrons. The number of ether oxygens (including phenoxy) is 3. The minimum Gasteiger partial charge on any atom is -0.493 e. The molecule has 1 heterocycles. The summed E-state index contributed by atoms with van der Waals surface area (Å²) in [5, 5.41) is 0. The van der Waals surface area contributed by atoms with Gasteiger partial charge >= 0.3 is 0 Å². The van der Waals surface area contributed by atoms with E-state index in [2.05, 4.69) is 9.89 Å². The fourth-order valence-corrected chi connectivity index (χ4v) is 2.87. The summed E-state index contributed by atoms with van der Waals surface area (Å²) in [4.78, 5) is 6.67. The number of nitrogens with two attached hydrogens (primary N) is 1. The Morgan fingerprint density at radius 1 is 1.04 bits per heavy atom. The lowest BCUT2D eigenvalue weighted by Crippen LogP contribution is -2.41. The van der Waals surface area contributed by atoms with Gasteiger partial charge in [-0.25, -0.2) is 0 Å². The number of likely N-dealkylation sites (tertiary alicyclic amines) is 1. The van der Waals surface area contributed by atoms with E-state index in [4.69, 9.17) is 19.9 Å². The predicted molar refractivity (Wildman–Crippen MR) is 91.7 cm³/mol. The Balaban J connectivity index is 2.05. The van der Waals surface area contributed by atoms with Crippen molar-refractivity contribution in [3.63, 3.8) is 0 Å². The molecule has 2 N–H and O–H groups in total. The first-order chi connectivity index (χ1) is 11.2. The van der Waals surface area contributed by atoms with Gasteiger partial charge in [-0.3, -0.25) is 4.99 Å². The van der Waals surface area contributed by atoms with Crippen LogP contribution in [-0.4, -0.2) is 51.8 Å². The van der Waals surface area contributed by atoms with Gasteiger partial charge in [0.25, 0.3) is 0 Å². The van der Waals surface area contributed by atoms with Gasteiger partial charge in [0.15, 0.2) is 17.5 Å². The molecule has 6 nitrogen and oxygen atoms in total. The van der Waals surface area contributed by atoms with Gasteiger partial charge in [-0.1, -0.05) is 6.07 Å². The van der Waals surface area contributed by atoms with Crippen LogP contribution >= 0.6 is 0 Å². The lowest BCUT2D eigenvalue weighted by atomic mass is 10.1. The Labute approximate surface area is 138 Å². The third-order valence-corrected chi connectivity index (χ3v) is 4.12. The van der Waals surface area contributed by atoms with Crippen molar-refractivity contribution in [2.75, 3.05) is 41.0 Å². The zero-order valence-electron chi connectivity index (χ0n) is 14.3. The Hall–Kier alpha value is -2.11. The minimum atomic E-state index is 0.612. The summed E-state index contributed by atoms with van der Waals surface area (Å²) < 4.78 is 16.2. The molecule has 128 valence electrons. The van der Waals surface area contributed by atoms with E-state index in [1.807, 2.05) is 12.1 Å². The Morgan fingerprint density at radius 3 is 2.35 bits per heavy atom. The summed E-state index contributed by atoms with van der Waals surface area (Å²) in [7, 11) is 4.85. The first-order valence-electron chi connectivity index (χ1n) is 8.04. The van der Waals surface area contributed by atoms with E-state index in [0.29, 0.717) is 29.8 Å². The van der Waals surface area contributed by atoms with Gasteiger partial charge in [0.05, 0.1) is 21.3 Å². The topological polar surface area (TPSA) is 69.3 Å². The maximum Gasteiger partial charge on any atom is 0.203 e. The van der Waals surface area contributed by atoms with E-state index in [9.17, 15) is 0 Å². The second-order valence-electron chi connectivity index (χ2n) is 5.53. The molecule has 1 fully saturated rings. The van der Waals surface area contributed by atoms with Gasteiger partial charge in [-0.15, -0.1) is 0 Å². The largest absolute Gasteiger partial charge is 0.493 e. The van der Waals surface area contributed by atoms with Crippen molar-refractivity contribution >= 4 is 5.96 Å². The molecule has 0 aliphatic carbocycles. The SMILES string of the molecule is COc1ccc(CCN=C(N)N2CCCCC2)c(OC)c1OC. The van der Waals surface area contributed by atoms with Crippen LogP contribution in [0.3, 0.4) is 0 Å². The second kappa shape index (κ2) is 8.50. The molecule has 0 bridgehead atoms. The molecule has 1 aliphatic heterocycles. The second-order valence-corrected chi connectivity index (χ2v) is 5.53. The van der Waals surface area contributed by atoms with Gasteiger partial charge < -0.3 is 24.8 Å². The van der Waals surface area contributed by atoms with Crippen molar-refractivity contribution in [3.8, 4) is 17.2 Å². The summed E-state index contributed by atoms with van der Waals surface area (Å²) in [6, 6.07) is 3.86. The number of methoxy groups -OCH3 is 3. The molecule has 0 unspecified atom stereocenters. The third kappa shape index (κ3) is 4.21. The van der Waals surface area contributed by atoms with E-state index >= 15 is 0 Å². The van der Waals surface area contributed by atoms with Crippen LogP contribution < -0.4 is 19.9 Å². The Kier molecular flexibility index (Phi) is 6.38. The molecule has 1 aliphatic rings. The lowest BCUT2D eigenvalue weighted by Gasteiger charge is -2.27. The highest BCUT2D eigenvalue weighted by Gasteiger charge is 2.16. The van der Waals surface area contributed by atoms with E-state index < -0.39 is 0 Å². The molecule has 1 aromatic carbocycles. The quantitative estimate of drug-likeness (QED) is 0.641. The van der Waals surface area contributed by atoms with Crippen LogP contribution in [0.2, 0.25) is 0 Å². The first-order valence-corrected chi connectivity index (χ1v) is 8.04. The van der Waals surface area contributed by atoms with Gasteiger partial charge in [0.2, 0.25) is 5.75 Å². The molecule has 2 rings (SSSR count). The molecule has 0 saturated carbocycles. The standard InChI is InChI=1S/C17H27N3O3/c1-21-14-8-7-13(15(22-2)16(14)23-3)9-10-19-17(18)20-11-5-4-6-12-20/h7-8H,4-6,9-12H2,1-3H3,(H2,18,19). The summed E-state index contributed by atoms with van der Waals surface area (Å²) >= 11 is 0. The molecule has 6 heteroatoms. The number of hydrogen-bond donors (Lipinski definition) is 1.